The second kappa shape index (κ2) is 11.9. The highest BCUT2D eigenvalue weighted by Gasteiger charge is 2.18. The summed E-state index contributed by atoms with van der Waals surface area (Å²) in [6.45, 7) is 10.1. The van der Waals surface area contributed by atoms with Crippen LogP contribution in [0.2, 0.25) is 0 Å². The summed E-state index contributed by atoms with van der Waals surface area (Å²) < 4.78 is 33.9. The molecule has 0 spiro atoms. The molecule has 0 radical (unpaired) electrons. The molecule has 8 heteroatoms. The Bertz CT molecular complexity index is 847. The molecule has 0 fully saturated rings. The van der Waals surface area contributed by atoms with Crippen LogP contribution >= 0.6 is 0 Å². The van der Waals surface area contributed by atoms with Gasteiger partial charge in [-0.05, 0) is 30.8 Å². The van der Waals surface area contributed by atoms with Gasteiger partial charge in [0.2, 0.25) is 5.75 Å². The Morgan fingerprint density at radius 2 is 1.43 bits per heavy atom. The third-order valence-electron chi connectivity index (χ3n) is 4.91. The Morgan fingerprint density at radius 1 is 0.833 bits per heavy atom. The molecule has 0 bridgehead atoms. The Morgan fingerprint density at radius 3 is 2.07 bits per heavy atom. The van der Waals surface area contributed by atoms with E-state index in [1.165, 1.54) is 0 Å². The fraction of sp³-hybridized carbons (Fsp3) is 0.591. The Kier molecular flexibility index (Phi) is 8.95. The minimum atomic E-state index is -0.408. The van der Waals surface area contributed by atoms with E-state index in [-0.39, 0.29) is 0 Å². The van der Waals surface area contributed by atoms with Crippen molar-refractivity contribution in [3.05, 3.63) is 34.2 Å². The van der Waals surface area contributed by atoms with Crippen molar-refractivity contribution in [2.24, 2.45) is 0 Å². The molecule has 1 aromatic carbocycles. The third kappa shape index (κ3) is 6.18. The summed E-state index contributed by atoms with van der Waals surface area (Å²) in [4.78, 5) is 14.6. The highest BCUT2D eigenvalue weighted by atomic mass is 16.6. The van der Waals surface area contributed by atoms with E-state index >= 15 is 0 Å². The van der Waals surface area contributed by atoms with E-state index in [9.17, 15) is 4.79 Å². The van der Waals surface area contributed by atoms with Crippen LogP contribution in [0.25, 0.3) is 11.0 Å². The van der Waals surface area contributed by atoms with E-state index in [0.717, 1.165) is 24.0 Å². The molecule has 0 atom stereocenters. The molecule has 0 amide bonds. The number of ether oxygens (including phenoxy) is 5. The zero-order valence-electron chi connectivity index (χ0n) is 17.8. The van der Waals surface area contributed by atoms with Gasteiger partial charge in [0.1, 0.15) is 13.2 Å². The largest absolute Gasteiger partial charge is 0.487 e. The van der Waals surface area contributed by atoms with Crippen LogP contribution in [0.3, 0.4) is 0 Å². The van der Waals surface area contributed by atoms with E-state index in [1.807, 2.05) is 12.1 Å². The summed E-state index contributed by atoms with van der Waals surface area (Å²) in [7, 11) is 0. The van der Waals surface area contributed by atoms with E-state index in [1.54, 1.807) is 6.07 Å². The number of hydrogen-bond acceptors (Lipinski definition) is 8. The second-order valence-electron chi connectivity index (χ2n) is 6.86. The molecule has 8 nitrogen and oxygen atoms in total. The van der Waals surface area contributed by atoms with Gasteiger partial charge in [-0.25, -0.2) is 4.79 Å². The first-order valence-electron chi connectivity index (χ1n) is 10.5. The molecule has 1 aliphatic rings. The summed E-state index contributed by atoms with van der Waals surface area (Å²) in [5.74, 6) is 0.932. The van der Waals surface area contributed by atoms with Crippen LogP contribution in [-0.2, 0) is 20.8 Å². The van der Waals surface area contributed by atoms with Crippen LogP contribution in [0.15, 0.2) is 27.4 Å². The molecule has 0 saturated carbocycles. The lowest BCUT2D eigenvalue weighted by Crippen LogP contribution is -2.23. The SMILES string of the molecule is CCN(CC)Cc1cc(=O)oc2c3c(ccc12)OCCOCCOCCOCCO3. The first-order chi connectivity index (χ1) is 14.7. The van der Waals surface area contributed by atoms with Crippen LogP contribution in [0.4, 0.5) is 0 Å². The first-order valence-corrected chi connectivity index (χ1v) is 10.5. The first kappa shape index (κ1) is 22.6. The lowest BCUT2D eigenvalue weighted by Gasteiger charge is -2.20. The number of nitrogens with zero attached hydrogens (tertiary/aromatic N) is 1. The van der Waals surface area contributed by atoms with Gasteiger partial charge in [0.15, 0.2) is 11.3 Å². The molecule has 166 valence electrons. The number of rotatable bonds is 4. The Hall–Kier alpha value is -2.13. The number of hydrogen-bond donors (Lipinski definition) is 0. The smallest absolute Gasteiger partial charge is 0.336 e. The molecule has 0 unspecified atom stereocenters. The van der Waals surface area contributed by atoms with Crippen LogP contribution in [0, 0.1) is 0 Å². The average molecular weight is 421 g/mol. The van der Waals surface area contributed by atoms with Gasteiger partial charge in [-0.1, -0.05) is 13.8 Å². The molecule has 0 aliphatic carbocycles. The molecular formula is C22H31NO7. The predicted octanol–water partition coefficient (Wildman–Crippen LogP) is 2.46. The van der Waals surface area contributed by atoms with Crippen molar-refractivity contribution in [2.75, 3.05) is 65.9 Å². The van der Waals surface area contributed by atoms with Crippen LogP contribution in [0.1, 0.15) is 19.4 Å². The van der Waals surface area contributed by atoms with Crippen LogP contribution < -0.4 is 15.1 Å². The molecule has 2 aromatic rings. The van der Waals surface area contributed by atoms with Crippen LogP contribution in [-0.4, -0.2) is 70.8 Å². The molecule has 3 rings (SSSR count). The van der Waals surface area contributed by atoms with Gasteiger partial charge in [-0.3, -0.25) is 4.90 Å². The highest BCUT2D eigenvalue weighted by Crippen LogP contribution is 2.36. The Balaban J connectivity index is 1.92. The summed E-state index contributed by atoms with van der Waals surface area (Å²) in [5, 5.41) is 0.840. The summed E-state index contributed by atoms with van der Waals surface area (Å²) in [5.41, 5.74) is 0.897. The van der Waals surface area contributed by atoms with Crippen molar-refractivity contribution in [3.8, 4) is 11.5 Å². The molecular weight excluding hydrogens is 390 g/mol. The lowest BCUT2D eigenvalue weighted by atomic mass is 10.1. The fourth-order valence-electron chi connectivity index (χ4n) is 3.27. The predicted molar refractivity (Wildman–Crippen MR) is 113 cm³/mol. The fourth-order valence-corrected chi connectivity index (χ4v) is 3.27. The van der Waals surface area contributed by atoms with Gasteiger partial charge >= 0.3 is 5.63 Å². The van der Waals surface area contributed by atoms with Gasteiger partial charge in [0.25, 0.3) is 0 Å². The van der Waals surface area contributed by atoms with Crippen molar-refractivity contribution in [3.63, 3.8) is 0 Å². The van der Waals surface area contributed by atoms with Crippen molar-refractivity contribution in [1.82, 2.24) is 4.90 Å². The van der Waals surface area contributed by atoms with E-state index in [4.69, 9.17) is 28.1 Å². The second-order valence-corrected chi connectivity index (χ2v) is 6.86. The average Bonchev–Trinajstić information content (AvgIpc) is 2.76. The van der Waals surface area contributed by atoms with Crippen molar-refractivity contribution in [1.29, 1.82) is 0 Å². The molecule has 1 aliphatic heterocycles. The molecule has 1 aromatic heterocycles. The third-order valence-corrected chi connectivity index (χ3v) is 4.91. The van der Waals surface area contributed by atoms with Gasteiger partial charge in [-0.15, -0.1) is 0 Å². The standard InChI is InChI=1S/C22H31NO7/c1-3-23(4-2)16-17-15-20(24)30-21-18(17)5-6-19-22(21)29-14-12-27-10-8-25-7-9-26-11-13-28-19/h5-6,15H,3-4,7-14,16H2,1-2H3. The van der Waals surface area contributed by atoms with Gasteiger partial charge in [-0.2, -0.15) is 0 Å². The van der Waals surface area contributed by atoms with Crippen LogP contribution in [0.5, 0.6) is 11.5 Å². The lowest BCUT2D eigenvalue weighted by molar-refractivity contribution is 0.00709. The summed E-state index contributed by atoms with van der Waals surface area (Å²) in [6, 6.07) is 5.32. The summed E-state index contributed by atoms with van der Waals surface area (Å²) >= 11 is 0. The maximum atomic E-state index is 12.3. The molecule has 2 heterocycles. The summed E-state index contributed by atoms with van der Waals surface area (Å²) in [6.07, 6.45) is 0. The maximum absolute atomic E-state index is 12.3. The molecule has 0 saturated heterocycles. The van der Waals surface area contributed by atoms with Gasteiger partial charge in [0.05, 0.1) is 39.6 Å². The maximum Gasteiger partial charge on any atom is 0.336 e. The Labute approximate surface area is 176 Å². The van der Waals surface area contributed by atoms with E-state index in [0.29, 0.717) is 76.5 Å². The zero-order valence-corrected chi connectivity index (χ0v) is 17.8. The van der Waals surface area contributed by atoms with Gasteiger partial charge < -0.3 is 28.1 Å². The highest BCUT2D eigenvalue weighted by molar-refractivity contribution is 5.88. The monoisotopic (exact) mass is 421 g/mol. The quantitative estimate of drug-likeness (QED) is 0.697. The zero-order chi connectivity index (χ0) is 21.2. The topological polar surface area (TPSA) is 79.6 Å². The minimum Gasteiger partial charge on any atom is -0.487 e. The number of benzene rings is 1. The van der Waals surface area contributed by atoms with Crippen molar-refractivity contribution < 1.29 is 28.1 Å². The van der Waals surface area contributed by atoms with Crippen molar-refractivity contribution in [2.45, 2.75) is 20.4 Å². The number of fused-ring (bicyclic) bond motifs is 3. The van der Waals surface area contributed by atoms with E-state index < -0.39 is 5.63 Å². The molecule has 30 heavy (non-hydrogen) atoms. The van der Waals surface area contributed by atoms with Crippen molar-refractivity contribution >= 4 is 11.0 Å². The normalized spacial score (nSPS) is 16.9. The molecule has 0 N–H and O–H groups in total. The van der Waals surface area contributed by atoms with E-state index in [2.05, 4.69) is 18.7 Å². The minimum absolute atomic E-state index is 0.302. The van der Waals surface area contributed by atoms with Gasteiger partial charge in [0, 0.05) is 18.0 Å².